The molecule has 0 spiro atoms. The topological polar surface area (TPSA) is 61.5 Å². The van der Waals surface area contributed by atoms with Crippen molar-refractivity contribution in [2.75, 3.05) is 20.0 Å². The van der Waals surface area contributed by atoms with Crippen molar-refractivity contribution in [2.24, 2.45) is 0 Å². The fourth-order valence-electron chi connectivity index (χ4n) is 2.04. The molecular formula is C16H16BrNO3. The molecule has 0 bridgehead atoms. The first kappa shape index (κ1) is 15.4. The van der Waals surface area contributed by atoms with Crippen molar-refractivity contribution in [3.63, 3.8) is 0 Å². The molecule has 0 saturated heterocycles. The van der Waals surface area contributed by atoms with Crippen molar-refractivity contribution < 1.29 is 14.3 Å². The lowest BCUT2D eigenvalue weighted by Crippen LogP contribution is -2.07. The first-order valence-electron chi connectivity index (χ1n) is 6.30. The van der Waals surface area contributed by atoms with Crippen molar-refractivity contribution in [3.05, 3.63) is 51.5 Å². The number of carbonyl (C=O) groups is 1. The summed E-state index contributed by atoms with van der Waals surface area (Å²) in [6.07, 6.45) is 0. The monoisotopic (exact) mass is 349 g/mol. The zero-order valence-corrected chi connectivity index (χ0v) is 13.7. The number of ether oxygens (including phenoxy) is 2. The Kier molecular flexibility index (Phi) is 4.53. The number of ketones is 1. The summed E-state index contributed by atoms with van der Waals surface area (Å²) in [6, 6.07) is 8.74. The maximum Gasteiger partial charge on any atom is 0.196 e. The van der Waals surface area contributed by atoms with Gasteiger partial charge in [0.25, 0.3) is 0 Å². The molecule has 4 nitrogen and oxygen atoms in total. The lowest BCUT2D eigenvalue weighted by Gasteiger charge is -2.12. The van der Waals surface area contributed by atoms with Crippen molar-refractivity contribution in [1.29, 1.82) is 0 Å². The van der Waals surface area contributed by atoms with Crippen molar-refractivity contribution >= 4 is 27.4 Å². The van der Waals surface area contributed by atoms with Crippen LogP contribution < -0.4 is 15.2 Å². The van der Waals surface area contributed by atoms with E-state index in [-0.39, 0.29) is 5.78 Å². The van der Waals surface area contributed by atoms with Gasteiger partial charge in [0.05, 0.1) is 14.2 Å². The van der Waals surface area contributed by atoms with E-state index in [0.717, 1.165) is 5.56 Å². The van der Waals surface area contributed by atoms with E-state index in [2.05, 4.69) is 15.9 Å². The summed E-state index contributed by atoms with van der Waals surface area (Å²) in [6.45, 7) is 1.92. The van der Waals surface area contributed by atoms with Gasteiger partial charge >= 0.3 is 0 Å². The van der Waals surface area contributed by atoms with Crippen LogP contribution in [0.5, 0.6) is 11.5 Å². The molecule has 21 heavy (non-hydrogen) atoms. The zero-order valence-electron chi connectivity index (χ0n) is 12.1. The minimum atomic E-state index is -0.163. The second kappa shape index (κ2) is 6.18. The highest BCUT2D eigenvalue weighted by atomic mass is 79.9. The van der Waals surface area contributed by atoms with E-state index in [9.17, 15) is 4.79 Å². The molecule has 0 atom stereocenters. The van der Waals surface area contributed by atoms with E-state index in [4.69, 9.17) is 15.2 Å². The lowest BCUT2D eigenvalue weighted by molar-refractivity contribution is 0.103. The molecule has 2 N–H and O–H groups in total. The van der Waals surface area contributed by atoms with E-state index >= 15 is 0 Å². The van der Waals surface area contributed by atoms with Gasteiger partial charge < -0.3 is 15.2 Å². The molecule has 0 saturated carbocycles. The van der Waals surface area contributed by atoms with E-state index < -0.39 is 0 Å². The summed E-state index contributed by atoms with van der Waals surface area (Å²) >= 11 is 3.40. The Morgan fingerprint density at radius 2 is 1.67 bits per heavy atom. The van der Waals surface area contributed by atoms with Gasteiger partial charge in [-0.2, -0.15) is 0 Å². The molecule has 0 aliphatic rings. The van der Waals surface area contributed by atoms with Crippen LogP contribution in [0.2, 0.25) is 0 Å². The Bertz CT molecular complexity index is 698. The van der Waals surface area contributed by atoms with Gasteiger partial charge in [-0.05, 0) is 47.1 Å². The maximum atomic E-state index is 12.7. The third kappa shape index (κ3) is 3.03. The number of aryl methyl sites for hydroxylation is 1. The third-order valence-electron chi connectivity index (χ3n) is 3.17. The molecule has 0 radical (unpaired) electrons. The predicted molar refractivity (Wildman–Crippen MR) is 86.3 cm³/mol. The Hall–Kier alpha value is -2.01. The van der Waals surface area contributed by atoms with Crippen LogP contribution >= 0.6 is 15.9 Å². The number of hydrogen-bond donors (Lipinski definition) is 1. The molecule has 0 aliphatic heterocycles. The van der Waals surface area contributed by atoms with E-state index in [1.807, 2.05) is 13.0 Å². The molecule has 0 aliphatic carbocycles. The number of hydrogen-bond acceptors (Lipinski definition) is 4. The van der Waals surface area contributed by atoms with Gasteiger partial charge in [0.15, 0.2) is 17.3 Å². The number of nitrogens with two attached hydrogens (primary N) is 1. The second-order valence-electron chi connectivity index (χ2n) is 4.61. The van der Waals surface area contributed by atoms with Crippen LogP contribution in [-0.2, 0) is 0 Å². The SMILES string of the molecule is COc1cc(Br)c(C(=O)c2cc(C)ccc2N)cc1OC. The van der Waals surface area contributed by atoms with Gasteiger partial charge in [0, 0.05) is 21.3 Å². The number of anilines is 1. The third-order valence-corrected chi connectivity index (χ3v) is 3.83. The number of rotatable bonds is 4. The fourth-order valence-corrected chi connectivity index (χ4v) is 2.54. The normalized spacial score (nSPS) is 10.3. The van der Waals surface area contributed by atoms with Gasteiger partial charge in [-0.15, -0.1) is 0 Å². The number of benzene rings is 2. The molecule has 0 amide bonds. The minimum absolute atomic E-state index is 0.163. The lowest BCUT2D eigenvalue weighted by atomic mass is 9.99. The van der Waals surface area contributed by atoms with Crippen molar-refractivity contribution in [1.82, 2.24) is 0 Å². The molecule has 0 unspecified atom stereocenters. The van der Waals surface area contributed by atoms with Crippen LogP contribution in [0, 0.1) is 6.92 Å². The second-order valence-corrected chi connectivity index (χ2v) is 5.46. The first-order chi connectivity index (χ1) is 9.97. The van der Waals surface area contributed by atoms with Crippen molar-refractivity contribution in [3.8, 4) is 11.5 Å². The van der Waals surface area contributed by atoms with E-state index in [0.29, 0.717) is 32.8 Å². The Labute approximate surface area is 132 Å². The van der Waals surface area contributed by atoms with E-state index in [1.165, 1.54) is 7.11 Å². The van der Waals surface area contributed by atoms with Gasteiger partial charge in [-0.3, -0.25) is 4.79 Å². The summed E-state index contributed by atoms with van der Waals surface area (Å²) < 4.78 is 11.1. The smallest absolute Gasteiger partial charge is 0.196 e. The Morgan fingerprint density at radius 1 is 1.05 bits per heavy atom. The summed E-state index contributed by atoms with van der Waals surface area (Å²) in [5.41, 5.74) is 8.29. The van der Waals surface area contributed by atoms with Crippen LogP contribution in [0.3, 0.4) is 0 Å². The maximum absolute atomic E-state index is 12.7. The Balaban J connectivity index is 2.55. The number of carbonyl (C=O) groups excluding carboxylic acids is 1. The van der Waals surface area contributed by atoms with Crippen LogP contribution in [0.25, 0.3) is 0 Å². The number of halogens is 1. The number of nitrogen functional groups attached to an aromatic ring is 1. The van der Waals surface area contributed by atoms with Gasteiger partial charge in [-0.1, -0.05) is 11.6 Å². The van der Waals surface area contributed by atoms with Gasteiger partial charge in [0.1, 0.15) is 0 Å². The van der Waals surface area contributed by atoms with Gasteiger partial charge in [0.2, 0.25) is 0 Å². The molecule has 110 valence electrons. The molecule has 2 aromatic rings. The highest BCUT2D eigenvalue weighted by Crippen LogP contribution is 2.34. The van der Waals surface area contributed by atoms with Crippen LogP contribution in [0.1, 0.15) is 21.5 Å². The molecule has 0 heterocycles. The van der Waals surface area contributed by atoms with Gasteiger partial charge in [-0.25, -0.2) is 0 Å². The summed E-state index contributed by atoms with van der Waals surface area (Å²) in [5.74, 6) is 0.887. The molecule has 0 fully saturated rings. The molecule has 5 heteroatoms. The van der Waals surface area contributed by atoms with Crippen LogP contribution in [0.4, 0.5) is 5.69 Å². The van der Waals surface area contributed by atoms with Crippen molar-refractivity contribution in [2.45, 2.75) is 6.92 Å². The molecule has 0 aromatic heterocycles. The zero-order chi connectivity index (χ0) is 15.6. The molecule has 2 rings (SSSR count). The highest BCUT2D eigenvalue weighted by Gasteiger charge is 2.19. The predicted octanol–water partition coefficient (Wildman–Crippen LogP) is 3.59. The minimum Gasteiger partial charge on any atom is -0.493 e. The largest absolute Gasteiger partial charge is 0.493 e. The Morgan fingerprint density at radius 3 is 2.29 bits per heavy atom. The summed E-state index contributed by atoms with van der Waals surface area (Å²) in [4.78, 5) is 12.7. The molecule has 2 aromatic carbocycles. The van der Waals surface area contributed by atoms with E-state index in [1.54, 1.807) is 31.4 Å². The average molecular weight is 350 g/mol. The quantitative estimate of drug-likeness (QED) is 0.676. The average Bonchev–Trinajstić information content (AvgIpc) is 2.48. The molecular weight excluding hydrogens is 334 g/mol. The number of methoxy groups -OCH3 is 2. The highest BCUT2D eigenvalue weighted by molar-refractivity contribution is 9.10. The standard InChI is InChI=1S/C16H16BrNO3/c1-9-4-5-13(18)11(6-9)16(19)10-7-14(20-2)15(21-3)8-12(10)17/h4-8H,18H2,1-3H3. The van der Waals surface area contributed by atoms with Crippen LogP contribution in [-0.4, -0.2) is 20.0 Å². The fraction of sp³-hybridized carbons (Fsp3) is 0.188. The van der Waals surface area contributed by atoms with Crippen LogP contribution in [0.15, 0.2) is 34.8 Å². The summed E-state index contributed by atoms with van der Waals surface area (Å²) in [7, 11) is 3.07. The first-order valence-corrected chi connectivity index (χ1v) is 7.09. The summed E-state index contributed by atoms with van der Waals surface area (Å²) in [5, 5.41) is 0.